The molecule has 1 saturated heterocycles. The highest BCUT2D eigenvalue weighted by molar-refractivity contribution is 5.78. The van der Waals surface area contributed by atoms with Gasteiger partial charge in [0.1, 0.15) is 5.76 Å². The van der Waals surface area contributed by atoms with E-state index in [9.17, 15) is 4.39 Å². The van der Waals surface area contributed by atoms with Crippen LogP contribution in [-0.4, -0.2) is 6.54 Å². The molecular formula is C17H22FNO. The Kier molecular flexibility index (Phi) is 3.55. The molecule has 1 aromatic heterocycles. The molecule has 2 nitrogen and oxygen atoms in total. The summed E-state index contributed by atoms with van der Waals surface area (Å²) in [5.41, 5.74) is 0.218. The van der Waals surface area contributed by atoms with E-state index >= 15 is 0 Å². The number of fused-ring (bicyclic) bond motifs is 1. The zero-order valence-corrected chi connectivity index (χ0v) is 12.2. The molecule has 2 aromatic rings. The van der Waals surface area contributed by atoms with Gasteiger partial charge in [0.2, 0.25) is 0 Å². The van der Waals surface area contributed by atoms with Crippen LogP contribution in [0.5, 0.6) is 0 Å². The molecule has 0 saturated carbocycles. The maximum absolute atomic E-state index is 13.9. The van der Waals surface area contributed by atoms with Crippen molar-refractivity contribution in [2.75, 3.05) is 6.54 Å². The molecule has 3 rings (SSSR count). The van der Waals surface area contributed by atoms with Crippen molar-refractivity contribution < 1.29 is 8.81 Å². The summed E-state index contributed by atoms with van der Waals surface area (Å²) in [6.45, 7) is 5.42. The Labute approximate surface area is 119 Å². The molecule has 2 heterocycles. The van der Waals surface area contributed by atoms with Crippen LogP contribution in [0.3, 0.4) is 0 Å². The maximum atomic E-state index is 13.9. The lowest BCUT2D eigenvalue weighted by Crippen LogP contribution is -2.46. The van der Waals surface area contributed by atoms with Gasteiger partial charge in [-0.15, -0.1) is 0 Å². The SMILES string of the molecule is CC(C)C1(c2cc3cccc(F)c3o2)CCCCCN1. The Hall–Kier alpha value is -1.35. The van der Waals surface area contributed by atoms with Gasteiger partial charge in [-0.25, -0.2) is 4.39 Å². The average Bonchev–Trinajstić information content (AvgIpc) is 2.70. The summed E-state index contributed by atoms with van der Waals surface area (Å²) >= 11 is 0. The largest absolute Gasteiger partial charge is 0.456 e. The molecule has 1 atom stereocenters. The highest BCUT2D eigenvalue weighted by Crippen LogP contribution is 2.39. The van der Waals surface area contributed by atoms with E-state index in [-0.39, 0.29) is 11.4 Å². The lowest BCUT2D eigenvalue weighted by Gasteiger charge is -2.35. The molecule has 20 heavy (non-hydrogen) atoms. The molecular weight excluding hydrogens is 253 g/mol. The number of halogens is 1. The van der Waals surface area contributed by atoms with Gasteiger partial charge in [0.15, 0.2) is 11.4 Å². The summed E-state index contributed by atoms with van der Waals surface area (Å²) in [5, 5.41) is 4.53. The van der Waals surface area contributed by atoms with Gasteiger partial charge in [0.25, 0.3) is 0 Å². The molecule has 1 N–H and O–H groups in total. The van der Waals surface area contributed by atoms with Crippen LogP contribution in [-0.2, 0) is 5.54 Å². The van der Waals surface area contributed by atoms with E-state index < -0.39 is 0 Å². The first-order chi connectivity index (χ1) is 9.63. The second-order valence-electron chi connectivity index (χ2n) is 6.13. The number of benzene rings is 1. The van der Waals surface area contributed by atoms with Gasteiger partial charge in [-0.2, -0.15) is 0 Å². The minimum atomic E-state index is -0.277. The monoisotopic (exact) mass is 275 g/mol. The van der Waals surface area contributed by atoms with Gasteiger partial charge >= 0.3 is 0 Å². The van der Waals surface area contributed by atoms with Crippen LogP contribution < -0.4 is 5.32 Å². The zero-order chi connectivity index (χ0) is 14.2. The highest BCUT2D eigenvalue weighted by atomic mass is 19.1. The highest BCUT2D eigenvalue weighted by Gasteiger charge is 2.39. The molecule has 0 bridgehead atoms. The third-order valence-electron chi connectivity index (χ3n) is 4.61. The molecule has 1 unspecified atom stereocenters. The van der Waals surface area contributed by atoms with E-state index in [0.29, 0.717) is 11.5 Å². The fraction of sp³-hybridized carbons (Fsp3) is 0.529. The van der Waals surface area contributed by atoms with Crippen molar-refractivity contribution in [3.05, 3.63) is 35.8 Å². The van der Waals surface area contributed by atoms with Crippen molar-refractivity contribution >= 4 is 11.0 Å². The van der Waals surface area contributed by atoms with E-state index in [0.717, 1.165) is 24.1 Å². The van der Waals surface area contributed by atoms with Gasteiger partial charge in [-0.05, 0) is 37.4 Å². The third-order valence-corrected chi connectivity index (χ3v) is 4.61. The van der Waals surface area contributed by atoms with Crippen LogP contribution >= 0.6 is 0 Å². The second kappa shape index (κ2) is 5.21. The summed E-state index contributed by atoms with van der Waals surface area (Å²) in [7, 11) is 0. The van der Waals surface area contributed by atoms with E-state index in [1.807, 2.05) is 12.1 Å². The minimum Gasteiger partial charge on any atom is -0.456 e. The van der Waals surface area contributed by atoms with E-state index in [4.69, 9.17) is 4.42 Å². The Morgan fingerprint density at radius 3 is 2.85 bits per heavy atom. The normalized spacial score (nSPS) is 24.2. The predicted octanol–water partition coefficient (Wildman–Crippen LogP) is 4.59. The maximum Gasteiger partial charge on any atom is 0.169 e. The number of para-hydroxylation sites is 1. The van der Waals surface area contributed by atoms with Crippen LogP contribution in [0.4, 0.5) is 4.39 Å². The zero-order valence-electron chi connectivity index (χ0n) is 12.2. The number of hydrogen-bond acceptors (Lipinski definition) is 2. The van der Waals surface area contributed by atoms with Crippen molar-refractivity contribution in [1.29, 1.82) is 0 Å². The van der Waals surface area contributed by atoms with Crippen LogP contribution in [0.2, 0.25) is 0 Å². The average molecular weight is 275 g/mol. The first-order valence-electron chi connectivity index (χ1n) is 7.57. The smallest absolute Gasteiger partial charge is 0.169 e. The van der Waals surface area contributed by atoms with Crippen LogP contribution in [0.25, 0.3) is 11.0 Å². The van der Waals surface area contributed by atoms with Gasteiger partial charge in [0.05, 0.1) is 5.54 Å². The topological polar surface area (TPSA) is 25.2 Å². The molecule has 1 fully saturated rings. The molecule has 0 spiro atoms. The minimum absolute atomic E-state index is 0.165. The summed E-state index contributed by atoms with van der Waals surface area (Å²) in [5.74, 6) is 1.01. The number of nitrogens with one attached hydrogen (secondary N) is 1. The summed E-state index contributed by atoms with van der Waals surface area (Å²) < 4.78 is 19.8. The summed E-state index contributed by atoms with van der Waals surface area (Å²) in [4.78, 5) is 0. The van der Waals surface area contributed by atoms with Gasteiger partial charge < -0.3 is 9.73 Å². The van der Waals surface area contributed by atoms with E-state index in [2.05, 4.69) is 19.2 Å². The summed E-state index contributed by atoms with van der Waals surface area (Å²) in [6, 6.07) is 7.12. The number of rotatable bonds is 2. The van der Waals surface area contributed by atoms with Gasteiger partial charge in [0, 0.05) is 5.39 Å². The predicted molar refractivity (Wildman–Crippen MR) is 79.2 cm³/mol. The molecule has 0 amide bonds. The van der Waals surface area contributed by atoms with Crippen molar-refractivity contribution in [3.8, 4) is 0 Å². The Morgan fingerprint density at radius 2 is 2.10 bits per heavy atom. The van der Waals surface area contributed by atoms with E-state index in [1.165, 1.54) is 25.3 Å². The molecule has 1 aromatic carbocycles. The fourth-order valence-electron chi connectivity index (χ4n) is 3.34. The quantitative estimate of drug-likeness (QED) is 0.867. The van der Waals surface area contributed by atoms with Gasteiger partial charge in [-0.1, -0.05) is 38.8 Å². The van der Waals surface area contributed by atoms with Crippen LogP contribution in [0, 0.1) is 11.7 Å². The molecule has 0 radical (unpaired) electrons. The Bertz CT molecular complexity index is 594. The first kappa shape index (κ1) is 13.6. The van der Waals surface area contributed by atoms with Crippen LogP contribution in [0.15, 0.2) is 28.7 Å². The second-order valence-corrected chi connectivity index (χ2v) is 6.13. The lowest BCUT2D eigenvalue weighted by atomic mass is 9.80. The van der Waals surface area contributed by atoms with Crippen molar-refractivity contribution in [2.24, 2.45) is 5.92 Å². The third kappa shape index (κ3) is 2.14. The van der Waals surface area contributed by atoms with Gasteiger partial charge in [-0.3, -0.25) is 0 Å². The van der Waals surface area contributed by atoms with Crippen LogP contribution in [0.1, 0.15) is 45.3 Å². The standard InChI is InChI=1S/C17H22FNO/c1-12(2)17(9-4-3-5-10-19-17)15-11-13-7-6-8-14(18)16(13)20-15/h6-8,11-12,19H,3-5,9-10H2,1-2H3. The number of furan rings is 1. The van der Waals surface area contributed by atoms with Crippen molar-refractivity contribution in [3.63, 3.8) is 0 Å². The Balaban J connectivity index is 2.11. The van der Waals surface area contributed by atoms with E-state index in [1.54, 1.807) is 6.07 Å². The first-order valence-corrected chi connectivity index (χ1v) is 7.57. The van der Waals surface area contributed by atoms with Crippen molar-refractivity contribution in [2.45, 2.75) is 45.1 Å². The van der Waals surface area contributed by atoms with Crippen molar-refractivity contribution in [1.82, 2.24) is 5.32 Å². The summed E-state index contributed by atoms with van der Waals surface area (Å²) in [6.07, 6.45) is 4.68. The molecule has 108 valence electrons. The fourth-order valence-corrected chi connectivity index (χ4v) is 3.34. The molecule has 1 aliphatic heterocycles. The molecule has 3 heteroatoms. The lowest BCUT2D eigenvalue weighted by molar-refractivity contribution is 0.191. The molecule has 0 aliphatic carbocycles. The number of hydrogen-bond donors (Lipinski definition) is 1. The Morgan fingerprint density at radius 1 is 1.25 bits per heavy atom. The molecule has 1 aliphatic rings.